The third kappa shape index (κ3) is 3.93. The molecule has 2 aromatic heterocycles. The summed E-state index contributed by atoms with van der Waals surface area (Å²) in [5.41, 5.74) is 7.70. The quantitative estimate of drug-likeness (QED) is 0.757. The smallest absolute Gasteiger partial charge is 0.223 e. The molecule has 0 aliphatic heterocycles. The summed E-state index contributed by atoms with van der Waals surface area (Å²) < 4.78 is 0. The minimum Gasteiger partial charge on any atom is -0.391 e. The lowest BCUT2D eigenvalue weighted by Crippen LogP contribution is -2.32. The molecule has 1 fully saturated rings. The zero-order valence-corrected chi connectivity index (χ0v) is 13.5. The molecule has 0 radical (unpaired) electrons. The van der Waals surface area contributed by atoms with Crippen molar-refractivity contribution < 1.29 is 9.90 Å². The Morgan fingerprint density at radius 3 is 3.04 bits per heavy atom. The fraction of sp³-hybridized carbons (Fsp3) is 0.438. The second kappa shape index (κ2) is 7.16. The number of aromatic nitrogens is 2. The van der Waals surface area contributed by atoms with E-state index < -0.39 is 6.10 Å². The highest BCUT2D eigenvalue weighted by Crippen LogP contribution is 2.25. The second-order valence-electron chi connectivity index (χ2n) is 5.83. The summed E-state index contributed by atoms with van der Waals surface area (Å²) in [7, 11) is 0. The van der Waals surface area contributed by atoms with Gasteiger partial charge in [0.2, 0.25) is 5.91 Å². The van der Waals surface area contributed by atoms with Gasteiger partial charge in [-0.3, -0.25) is 9.78 Å². The van der Waals surface area contributed by atoms with Crippen molar-refractivity contribution in [2.24, 2.45) is 11.7 Å². The van der Waals surface area contributed by atoms with E-state index in [2.05, 4.69) is 15.3 Å². The molecule has 0 unspecified atom stereocenters. The Morgan fingerprint density at radius 1 is 1.48 bits per heavy atom. The van der Waals surface area contributed by atoms with Gasteiger partial charge in [-0.25, -0.2) is 4.98 Å². The summed E-state index contributed by atoms with van der Waals surface area (Å²) in [6.07, 6.45) is 4.65. The second-order valence-corrected chi connectivity index (χ2v) is 6.68. The molecule has 1 aliphatic rings. The summed E-state index contributed by atoms with van der Waals surface area (Å²) in [4.78, 5) is 20.7. The molecule has 1 aliphatic carbocycles. The predicted octanol–water partition coefficient (Wildman–Crippen LogP) is 0.962. The van der Waals surface area contributed by atoms with Crippen molar-refractivity contribution in [2.75, 3.05) is 6.54 Å². The average Bonchev–Trinajstić information content (AvgIpc) is 3.16. The number of aliphatic hydroxyl groups is 1. The van der Waals surface area contributed by atoms with E-state index in [1.54, 1.807) is 23.7 Å². The molecule has 0 bridgehead atoms. The zero-order chi connectivity index (χ0) is 16.2. The first-order valence-corrected chi connectivity index (χ1v) is 8.57. The van der Waals surface area contributed by atoms with Crippen molar-refractivity contribution in [3.8, 4) is 10.6 Å². The van der Waals surface area contributed by atoms with Crippen molar-refractivity contribution in [1.82, 2.24) is 15.3 Å². The van der Waals surface area contributed by atoms with Gasteiger partial charge >= 0.3 is 0 Å². The van der Waals surface area contributed by atoms with Crippen LogP contribution in [-0.2, 0) is 11.2 Å². The highest BCUT2D eigenvalue weighted by molar-refractivity contribution is 7.13. The van der Waals surface area contributed by atoms with Gasteiger partial charge in [0.1, 0.15) is 5.01 Å². The van der Waals surface area contributed by atoms with Crippen LogP contribution in [0.2, 0.25) is 0 Å². The van der Waals surface area contributed by atoms with Crippen molar-refractivity contribution in [3.05, 3.63) is 35.6 Å². The normalized spacial score (nSPS) is 23.8. The van der Waals surface area contributed by atoms with E-state index in [0.717, 1.165) is 16.3 Å². The first kappa shape index (κ1) is 16.0. The SMILES string of the molecule is N[C@@H]1C[C@H](C(=O)NCCc2csc(-c3cccnc3)n2)C[C@H]1O. The Morgan fingerprint density at radius 2 is 2.35 bits per heavy atom. The van der Waals surface area contributed by atoms with E-state index in [9.17, 15) is 9.90 Å². The Kier molecular flexibility index (Phi) is 5.00. The van der Waals surface area contributed by atoms with Crippen LogP contribution in [0.4, 0.5) is 0 Å². The van der Waals surface area contributed by atoms with E-state index in [-0.39, 0.29) is 17.9 Å². The van der Waals surface area contributed by atoms with Crippen LogP contribution in [0.1, 0.15) is 18.5 Å². The number of rotatable bonds is 5. The van der Waals surface area contributed by atoms with Gasteiger partial charge in [0, 0.05) is 48.3 Å². The van der Waals surface area contributed by atoms with Gasteiger partial charge < -0.3 is 16.2 Å². The van der Waals surface area contributed by atoms with Crippen LogP contribution in [0.5, 0.6) is 0 Å². The van der Waals surface area contributed by atoms with Crippen LogP contribution < -0.4 is 11.1 Å². The van der Waals surface area contributed by atoms with Gasteiger partial charge in [-0.05, 0) is 25.0 Å². The number of thiazole rings is 1. The molecule has 0 spiro atoms. The van der Waals surface area contributed by atoms with E-state index >= 15 is 0 Å². The zero-order valence-electron chi connectivity index (χ0n) is 12.7. The largest absolute Gasteiger partial charge is 0.391 e. The molecule has 6 nitrogen and oxygen atoms in total. The fourth-order valence-electron chi connectivity index (χ4n) is 2.76. The Hall–Kier alpha value is -1.83. The molecule has 1 amide bonds. The predicted molar refractivity (Wildman–Crippen MR) is 88.8 cm³/mol. The van der Waals surface area contributed by atoms with E-state index in [1.165, 1.54) is 0 Å². The van der Waals surface area contributed by atoms with Crippen LogP contribution in [-0.4, -0.2) is 39.7 Å². The molecule has 2 heterocycles. The lowest BCUT2D eigenvalue weighted by Gasteiger charge is -2.09. The van der Waals surface area contributed by atoms with Gasteiger partial charge in [-0.15, -0.1) is 11.3 Å². The maximum absolute atomic E-state index is 12.0. The molecule has 23 heavy (non-hydrogen) atoms. The number of nitrogens with zero attached hydrogens (tertiary/aromatic N) is 2. The molecule has 2 aromatic rings. The van der Waals surface area contributed by atoms with Gasteiger partial charge in [-0.1, -0.05) is 0 Å². The number of pyridine rings is 1. The van der Waals surface area contributed by atoms with E-state index in [4.69, 9.17) is 5.73 Å². The number of amides is 1. The third-order valence-electron chi connectivity index (χ3n) is 4.09. The van der Waals surface area contributed by atoms with Gasteiger partial charge in [0.15, 0.2) is 0 Å². The Labute approximate surface area is 138 Å². The summed E-state index contributed by atoms with van der Waals surface area (Å²) in [6, 6.07) is 3.58. The molecule has 3 atom stereocenters. The van der Waals surface area contributed by atoms with E-state index in [1.807, 2.05) is 17.5 Å². The molecule has 122 valence electrons. The first-order valence-electron chi connectivity index (χ1n) is 7.69. The Bertz CT molecular complexity index is 651. The monoisotopic (exact) mass is 332 g/mol. The first-order chi connectivity index (χ1) is 11.1. The number of carbonyl (C=O) groups is 1. The number of hydrogen-bond donors (Lipinski definition) is 3. The molecule has 3 rings (SSSR count). The highest BCUT2D eigenvalue weighted by Gasteiger charge is 2.34. The number of nitrogens with two attached hydrogens (primary N) is 1. The molecule has 0 saturated heterocycles. The summed E-state index contributed by atoms with van der Waals surface area (Å²) in [5, 5.41) is 15.5. The fourth-order valence-corrected chi connectivity index (χ4v) is 3.61. The van der Waals surface area contributed by atoms with Gasteiger partial charge in [-0.2, -0.15) is 0 Å². The minimum atomic E-state index is -0.564. The van der Waals surface area contributed by atoms with Crippen LogP contribution in [0, 0.1) is 5.92 Å². The molecule has 4 N–H and O–H groups in total. The standard InChI is InChI=1S/C16H20N4O2S/c17-13-6-11(7-14(13)21)15(22)19-5-3-12-9-23-16(20-12)10-2-1-4-18-8-10/h1-2,4,8-9,11,13-14,21H,3,5-7,17H2,(H,19,22)/t11-,13+,14+/m0/s1. The number of carbonyl (C=O) groups excluding carboxylic acids is 1. The minimum absolute atomic E-state index is 0.0280. The number of hydrogen-bond acceptors (Lipinski definition) is 6. The summed E-state index contributed by atoms with van der Waals surface area (Å²) in [5.74, 6) is -0.207. The number of nitrogens with one attached hydrogen (secondary N) is 1. The van der Waals surface area contributed by atoms with Crippen molar-refractivity contribution >= 4 is 17.2 Å². The maximum Gasteiger partial charge on any atom is 0.223 e. The van der Waals surface area contributed by atoms with Crippen molar-refractivity contribution in [1.29, 1.82) is 0 Å². The lowest BCUT2D eigenvalue weighted by atomic mass is 10.1. The number of aliphatic hydroxyl groups excluding tert-OH is 1. The average molecular weight is 332 g/mol. The maximum atomic E-state index is 12.0. The summed E-state index contributed by atoms with van der Waals surface area (Å²) in [6.45, 7) is 0.539. The molecular weight excluding hydrogens is 312 g/mol. The van der Waals surface area contributed by atoms with Crippen molar-refractivity contribution in [3.63, 3.8) is 0 Å². The van der Waals surface area contributed by atoms with Crippen LogP contribution in [0.15, 0.2) is 29.9 Å². The highest BCUT2D eigenvalue weighted by atomic mass is 32.1. The lowest BCUT2D eigenvalue weighted by molar-refractivity contribution is -0.125. The van der Waals surface area contributed by atoms with Crippen LogP contribution >= 0.6 is 11.3 Å². The van der Waals surface area contributed by atoms with Crippen LogP contribution in [0.3, 0.4) is 0 Å². The molecule has 7 heteroatoms. The molecule has 0 aromatic carbocycles. The van der Waals surface area contributed by atoms with Gasteiger partial charge in [0.25, 0.3) is 0 Å². The van der Waals surface area contributed by atoms with Crippen LogP contribution in [0.25, 0.3) is 10.6 Å². The van der Waals surface area contributed by atoms with Gasteiger partial charge in [0.05, 0.1) is 11.8 Å². The third-order valence-corrected chi connectivity index (χ3v) is 5.03. The van der Waals surface area contributed by atoms with Crippen molar-refractivity contribution in [2.45, 2.75) is 31.4 Å². The van der Waals surface area contributed by atoms with E-state index in [0.29, 0.717) is 25.8 Å². The topological polar surface area (TPSA) is 101 Å². The molecular formula is C16H20N4O2S. The Balaban J connectivity index is 1.48. The molecule has 1 saturated carbocycles. The summed E-state index contributed by atoms with van der Waals surface area (Å²) >= 11 is 1.57.